The summed E-state index contributed by atoms with van der Waals surface area (Å²) in [5, 5.41) is 13.2. The molecule has 1 atom stereocenters. The number of likely N-dealkylation sites (tertiary alicyclic amines) is 1. The van der Waals surface area contributed by atoms with Crippen molar-refractivity contribution >= 4 is 11.3 Å². The van der Waals surface area contributed by atoms with Gasteiger partial charge < -0.3 is 5.11 Å². The number of thiophene rings is 1. The predicted molar refractivity (Wildman–Crippen MR) is 80.6 cm³/mol. The topological polar surface area (TPSA) is 23.5 Å². The third kappa shape index (κ3) is 2.37. The Kier molecular flexibility index (Phi) is 3.97. The third-order valence-electron chi connectivity index (χ3n) is 5.16. The SMILES string of the molecule is Cc1sccc1C(O)C1(N2CCCCC2)CCCC1. The van der Waals surface area contributed by atoms with Crippen LogP contribution in [-0.2, 0) is 0 Å². The minimum Gasteiger partial charge on any atom is -0.386 e. The highest BCUT2D eigenvalue weighted by molar-refractivity contribution is 7.10. The van der Waals surface area contributed by atoms with Crippen molar-refractivity contribution in [2.75, 3.05) is 13.1 Å². The molecule has 1 aromatic rings. The molecule has 1 saturated heterocycles. The predicted octanol–water partition coefficient (Wildman–Crippen LogP) is 3.89. The lowest BCUT2D eigenvalue weighted by Crippen LogP contribution is -2.53. The summed E-state index contributed by atoms with van der Waals surface area (Å²) in [6.07, 6.45) is 8.56. The van der Waals surface area contributed by atoms with Crippen molar-refractivity contribution in [3.05, 3.63) is 21.9 Å². The summed E-state index contributed by atoms with van der Waals surface area (Å²) in [5.74, 6) is 0. The molecule has 1 aliphatic carbocycles. The molecule has 2 fully saturated rings. The molecule has 2 aliphatic rings. The molecule has 2 nitrogen and oxygen atoms in total. The van der Waals surface area contributed by atoms with Gasteiger partial charge in [-0.1, -0.05) is 19.3 Å². The number of hydrogen-bond donors (Lipinski definition) is 1. The Labute approximate surface area is 120 Å². The van der Waals surface area contributed by atoms with Crippen LogP contribution in [0.1, 0.15) is 61.5 Å². The molecule has 106 valence electrons. The summed E-state index contributed by atoms with van der Waals surface area (Å²) >= 11 is 1.76. The lowest BCUT2D eigenvalue weighted by Gasteiger charge is -2.46. The molecular formula is C16H25NOS. The van der Waals surface area contributed by atoms with Gasteiger partial charge in [-0.2, -0.15) is 0 Å². The zero-order valence-corrected chi connectivity index (χ0v) is 12.7. The van der Waals surface area contributed by atoms with E-state index in [1.807, 2.05) is 0 Å². The van der Waals surface area contributed by atoms with E-state index in [1.54, 1.807) is 11.3 Å². The summed E-state index contributed by atoms with van der Waals surface area (Å²) < 4.78 is 0. The second-order valence-electron chi connectivity index (χ2n) is 6.19. The maximum Gasteiger partial charge on any atom is 0.0984 e. The number of piperidine rings is 1. The number of hydrogen-bond acceptors (Lipinski definition) is 3. The van der Waals surface area contributed by atoms with E-state index in [9.17, 15) is 5.11 Å². The first-order valence-corrected chi connectivity index (χ1v) is 8.59. The highest BCUT2D eigenvalue weighted by atomic mass is 32.1. The number of aryl methyl sites for hydroxylation is 1. The van der Waals surface area contributed by atoms with Gasteiger partial charge in [0, 0.05) is 4.88 Å². The van der Waals surface area contributed by atoms with Crippen LogP contribution in [-0.4, -0.2) is 28.6 Å². The van der Waals surface area contributed by atoms with Gasteiger partial charge in [-0.25, -0.2) is 0 Å². The lowest BCUT2D eigenvalue weighted by atomic mass is 9.83. The Morgan fingerprint density at radius 3 is 2.42 bits per heavy atom. The summed E-state index contributed by atoms with van der Waals surface area (Å²) in [4.78, 5) is 3.90. The van der Waals surface area contributed by atoms with Crippen molar-refractivity contribution < 1.29 is 5.11 Å². The van der Waals surface area contributed by atoms with Crippen LogP contribution in [0, 0.1) is 6.92 Å². The number of rotatable bonds is 3. The molecule has 3 rings (SSSR count). The van der Waals surface area contributed by atoms with Crippen LogP contribution in [0.2, 0.25) is 0 Å². The van der Waals surface area contributed by atoms with E-state index < -0.39 is 0 Å². The molecule has 0 amide bonds. The normalized spacial score (nSPS) is 25.6. The second kappa shape index (κ2) is 5.55. The fraction of sp³-hybridized carbons (Fsp3) is 0.750. The first-order valence-electron chi connectivity index (χ1n) is 7.71. The summed E-state index contributed by atoms with van der Waals surface area (Å²) in [7, 11) is 0. The zero-order chi connectivity index (χ0) is 13.3. The van der Waals surface area contributed by atoms with Crippen molar-refractivity contribution in [3.8, 4) is 0 Å². The standard InChI is InChI=1S/C16H25NOS/c1-13-14(7-12-19-13)15(18)16(8-3-4-9-16)17-10-5-2-6-11-17/h7,12,15,18H,2-6,8-11H2,1H3. The first-order chi connectivity index (χ1) is 9.24. The van der Waals surface area contributed by atoms with E-state index in [0.29, 0.717) is 0 Å². The molecule has 1 saturated carbocycles. The van der Waals surface area contributed by atoms with Gasteiger partial charge in [-0.05, 0) is 62.7 Å². The molecule has 2 heterocycles. The molecule has 1 aliphatic heterocycles. The van der Waals surface area contributed by atoms with Crippen molar-refractivity contribution in [2.24, 2.45) is 0 Å². The van der Waals surface area contributed by atoms with E-state index in [2.05, 4.69) is 23.3 Å². The minimum absolute atomic E-state index is 0.0340. The molecule has 0 bridgehead atoms. The van der Waals surface area contributed by atoms with Gasteiger partial charge in [0.15, 0.2) is 0 Å². The molecule has 1 N–H and O–H groups in total. The van der Waals surface area contributed by atoms with E-state index in [1.165, 1.54) is 68.5 Å². The zero-order valence-electron chi connectivity index (χ0n) is 11.9. The first kappa shape index (κ1) is 13.6. The molecule has 0 aromatic carbocycles. The Morgan fingerprint density at radius 2 is 1.84 bits per heavy atom. The van der Waals surface area contributed by atoms with Gasteiger partial charge in [0.25, 0.3) is 0 Å². The van der Waals surface area contributed by atoms with Crippen LogP contribution >= 0.6 is 11.3 Å². The molecule has 3 heteroatoms. The second-order valence-corrected chi connectivity index (χ2v) is 7.31. The smallest absolute Gasteiger partial charge is 0.0984 e. The molecule has 0 radical (unpaired) electrons. The van der Waals surface area contributed by atoms with Gasteiger partial charge in [0.05, 0.1) is 11.6 Å². The van der Waals surface area contributed by atoms with Crippen LogP contribution in [0.5, 0.6) is 0 Å². The molecule has 1 unspecified atom stereocenters. The average Bonchev–Trinajstić information content (AvgIpc) is 3.08. The summed E-state index contributed by atoms with van der Waals surface area (Å²) in [5.41, 5.74) is 1.21. The fourth-order valence-electron chi connectivity index (χ4n) is 4.06. The van der Waals surface area contributed by atoms with Crippen LogP contribution < -0.4 is 0 Å². The van der Waals surface area contributed by atoms with Crippen LogP contribution in [0.4, 0.5) is 0 Å². The van der Waals surface area contributed by atoms with E-state index in [4.69, 9.17) is 0 Å². The van der Waals surface area contributed by atoms with Gasteiger partial charge in [0.1, 0.15) is 0 Å². The van der Waals surface area contributed by atoms with Crippen molar-refractivity contribution in [1.82, 2.24) is 4.90 Å². The summed E-state index contributed by atoms with van der Waals surface area (Å²) in [6, 6.07) is 2.13. The molecule has 0 spiro atoms. The van der Waals surface area contributed by atoms with Crippen LogP contribution in [0.15, 0.2) is 11.4 Å². The number of nitrogens with zero attached hydrogens (tertiary/aromatic N) is 1. The molecule has 19 heavy (non-hydrogen) atoms. The summed E-state index contributed by atoms with van der Waals surface area (Å²) in [6.45, 7) is 4.50. The van der Waals surface area contributed by atoms with Gasteiger partial charge in [-0.15, -0.1) is 11.3 Å². The van der Waals surface area contributed by atoms with E-state index in [0.717, 1.165) is 0 Å². The van der Waals surface area contributed by atoms with Crippen molar-refractivity contribution in [1.29, 1.82) is 0 Å². The van der Waals surface area contributed by atoms with Crippen LogP contribution in [0.25, 0.3) is 0 Å². The largest absolute Gasteiger partial charge is 0.386 e. The van der Waals surface area contributed by atoms with Gasteiger partial charge >= 0.3 is 0 Å². The van der Waals surface area contributed by atoms with E-state index >= 15 is 0 Å². The molecule has 1 aromatic heterocycles. The quantitative estimate of drug-likeness (QED) is 0.907. The maximum absolute atomic E-state index is 11.1. The van der Waals surface area contributed by atoms with E-state index in [-0.39, 0.29) is 11.6 Å². The lowest BCUT2D eigenvalue weighted by molar-refractivity contribution is -0.0405. The maximum atomic E-state index is 11.1. The highest BCUT2D eigenvalue weighted by Gasteiger charge is 2.46. The fourth-order valence-corrected chi connectivity index (χ4v) is 4.79. The Balaban J connectivity index is 1.89. The minimum atomic E-state index is -0.292. The Bertz CT molecular complexity index is 416. The molecular weight excluding hydrogens is 254 g/mol. The average molecular weight is 279 g/mol. The number of aliphatic hydroxyl groups excluding tert-OH is 1. The van der Waals surface area contributed by atoms with Gasteiger partial charge in [0.2, 0.25) is 0 Å². The Morgan fingerprint density at radius 1 is 1.16 bits per heavy atom. The number of aliphatic hydroxyl groups is 1. The third-order valence-corrected chi connectivity index (χ3v) is 6.02. The van der Waals surface area contributed by atoms with Gasteiger partial charge in [-0.3, -0.25) is 4.90 Å². The van der Waals surface area contributed by atoms with Crippen molar-refractivity contribution in [3.63, 3.8) is 0 Å². The monoisotopic (exact) mass is 279 g/mol. The highest BCUT2D eigenvalue weighted by Crippen LogP contribution is 2.46. The van der Waals surface area contributed by atoms with Crippen molar-refractivity contribution in [2.45, 2.75) is 63.5 Å². The van der Waals surface area contributed by atoms with Crippen LogP contribution in [0.3, 0.4) is 0 Å². The Hall–Kier alpha value is -0.380.